The zero-order valence-electron chi connectivity index (χ0n) is 19.4. The van der Waals surface area contributed by atoms with E-state index in [0.29, 0.717) is 12.3 Å². The van der Waals surface area contributed by atoms with Crippen molar-refractivity contribution in [2.24, 2.45) is 0 Å². The normalized spacial score (nSPS) is 10.7. The Hall–Kier alpha value is -3.84. The molecule has 0 saturated heterocycles. The molecule has 1 heterocycles. The third kappa shape index (κ3) is 6.14. The van der Waals surface area contributed by atoms with Crippen LogP contribution in [0.4, 0.5) is 5.69 Å². The number of anilines is 1. The van der Waals surface area contributed by atoms with Crippen LogP contribution in [-0.2, 0) is 16.6 Å². The smallest absolute Gasteiger partial charge is 0.300 e. The van der Waals surface area contributed by atoms with Gasteiger partial charge in [0, 0.05) is 17.8 Å². The first-order valence-corrected chi connectivity index (χ1v) is 12.5. The van der Waals surface area contributed by atoms with E-state index >= 15 is 0 Å². The molecule has 0 fully saturated rings. The first kappa shape index (κ1) is 24.8. The van der Waals surface area contributed by atoms with E-state index in [1.165, 1.54) is 12.1 Å². The van der Waals surface area contributed by atoms with E-state index in [4.69, 9.17) is 4.42 Å². The highest BCUT2D eigenvalue weighted by Gasteiger charge is 2.21. The first-order valence-electron chi connectivity index (χ1n) is 11.0. The number of furan rings is 1. The summed E-state index contributed by atoms with van der Waals surface area (Å²) in [5.41, 5.74) is 3.95. The van der Waals surface area contributed by atoms with Crippen molar-refractivity contribution in [2.45, 2.75) is 32.2 Å². The molecular formula is C27H28N2O4S. The van der Waals surface area contributed by atoms with Crippen LogP contribution in [-0.4, -0.2) is 14.3 Å². The summed E-state index contributed by atoms with van der Waals surface area (Å²) in [6.07, 6.45) is 0. The van der Waals surface area contributed by atoms with Crippen LogP contribution in [0.15, 0.2) is 100 Å². The summed E-state index contributed by atoms with van der Waals surface area (Å²) in [4.78, 5) is 12.5. The zero-order valence-corrected chi connectivity index (χ0v) is 20.2. The van der Waals surface area contributed by atoms with Crippen LogP contribution < -0.4 is 10.0 Å². The van der Waals surface area contributed by atoms with Gasteiger partial charge in [-0.1, -0.05) is 74.5 Å². The number of benzene rings is 3. The molecule has 0 aliphatic carbocycles. The van der Waals surface area contributed by atoms with Crippen LogP contribution in [0.5, 0.6) is 0 Å². The largest absolute Gasteiger partial charge is 0.456 e. The predicted molar refractivity (Wildman–Crippen MR) is 135 cm³/mol. The number of carbonyl (C=O) groups excluding carboxylic acids is 1. The van der Waals surface area contributed by atoms with Crippen molar-refractivity contribution in [3.63, 3.8) is 0 Å². The van der Waals surface area contributed by atoms with Crippen LogP contribution >= 0.6 is 0 Å². The van der Waals surface area contributed by atoms with Gasteiger partial charge < -0.3 is 9.73 Å². The fourth-order valence-corrected chi connectivity index (χ4v) is 4.22. The Morgan fingerprint density at radius 2 is 1.38 bits per heavy atom. The van der Waals surface area contributed by atoms with Crippen molar-refractivity contribution in [3.8, 4) is 11.1 Å². The zero-order chi connectivity index (χ0) is 24.6. The molecular weight excluding hydrogens is 448 g/mol. The highest BCUT2D eigenvalue weighted by molar-refractivity contribution is 7.90. The summed E-state index contributed by atoms with van der Waals surface area (Å²) in [6, 6.07) is 27.4. The van der Waals surface area contributed by atoms with Gasteiger partial charge in [0.1, 0.15) is 5.76 Å². The second kappa shape index (κ2) is 11.3. The van der Waals surface area contributed by atoms with Crippen LogP contribution in [0, 0.1) is 6.92 Å². The number of amides is 1. The van der Waals surface area contributed by atoms with Crippen molar-refractivity contribution in [1.29, 1.82) is 0 Å². The molecule has 0 spiro atoms. The van der Waals surface area contributed by atoms with Gasteiger partial charge in [0.15, 0.2) is 5.76 Å². The fraction of sp³-hybridized carbons (Fsp3) is 0.148. The molecule has 7 heteroatoms. The van der Waals surface area contributed by atoms with Gasteiger partial charge in [-0.15, -0.1) is 0 Å². The van der Waals surface area contributed by atoms with E-state index in [9.17, 15) is 13.2 Å². The highest BCUT2D eigenvalue weighted by atomic mass is 32.2. The third-order valence-corrected chi connectivity index (χ3v) is 6.35. The number of hydrogen-bond donors (Lipinski definition) is 2. The van der Waals surface area contributed by atoms with Crippen LogP contribution in [0.2, 0.25) is 0 Å². The lowest BCUT2D eigenvalue weighted by molar-refractivity contribution is 0.0953. The molecule has 0 unspecified atom stereocenters. The Kier molecular flexibility index (Phi) is 8.27. The molecule has 3 aromatic carbocycles. The number of aryl methyl sites for hydroxylation is 1. The molecule has 176 valence electrons. The topological polar surface area (TPSA) is 88.4 Å². The summed E-state index contributed by atoms with van der Waals surface area (Å²) >= 11 is 0. The van der Waals surface area contributed by atoms with Crippen molar-refractivity contribution in [1.82, 2.24) is 4.72 Å². The van der Waals surface area contributed by atoms with E-state index in [-0.39, 0.29) is 10.7 Å². The second-order valence-electron chi connectivity index (χ2n) is 7.24. The van der Waals surface area contributed by atoms with Crippen molar-refractivity contribution in [2.75, 3.05) is 5.32 Å². The van der Waals surface area contributed by atoms with Gasteiger partial charge in [0.25, 0.3) is 10.0 Å². The molecule has 4 rings (SSSR count). The summed E-state index contributed by atoms with van der Waals surface area (Å²) in [5.74, 6) is -0.325. The minimum absolute atomic E-state index is 0.0115. The van der Waals surface area contributed by atoms with Crippen molar-refractivity contribution < 1.29 is 17.6 Å². The highest BCUT2D eigenvalue weighted by Crippen LogP contribution is 2.22. The first-order chi connectivity index (χ1) is 16.4. The maximum atomic E-state index is 12.4. The summed E-state index contributed by atoms with van der Waals surface area (Å²) in [5, 5.41) is 3.30. The van der Waals surface area contributed by atoms with E-state index in [2.05, 4.69) is 17.4 Å². The molecule has 0 radical (unpaired) electrons. The average molecular weight is 477 g/mol. The third-order valence-electron chi connectivity index (χ3n) is 5.00. The molecule has 1 amide bonds. The molecule has 1 aromatic heterocycles. The van der Waals surface area contributed by atoms with Gasteiger partial charge in [-0.25, -0.2) is 13.1 Å². The van der Waals surface area contributed by atoms with Gasteiger partial charge in [-0.2, -0.15) is 0 Å². The van der Waals surface area contributed by atoms with E-state index < -0.39 is 15.9 Å². The summed E-state index contributed by atoms with van der Waals surface area (Å²) < 4.78 is 32.3. The quantitative estimate of drug-likeness (QED) is 0.341. The second-order valence-corrected chi connectivity index (χ2v) is 8.92. The SMILES string of the molecule is CC.Cc1oc(C(=O)NS(=O)(=O)c2ccccc2)cc1CNc1ccc(-c2ccccc2)cc1. The standard InChI is InChI=1S/C25H22N2O4S.C2H6/c1-18-21(17-26-22-14-12-20(13-15-22)19-8-4-2-5-9-19)16-24(31-18)25(28)27-32(29,30)23-10-6-3-7-11-23;1-2/h2-16,26H,17H2,1H3,(H,27,28);1-2H3. The molecule has 0 aliphatic heterocycles. The Morgan fingerprint density at radius 1 is 0.824 bits per heavy atom. The molecule has 0 bridgehead atoms. The molecule has 0 saturated carbocycles. The summed E-state index contributed by atoms with van der Waals surface area (Å²) in [7, 11) is -3.97. The number of carbonyl (C=O) groups is 1. The molecule has 2 N–H and O–H groups in total. The average Bonchev–Trinajstić information content (AvgIpc) is 3.26. The lowest BCUT2D eigenvalue weighted by Crippen LogP contribution is -2.30. The van der Waals surface area contributed by atoms with Crippen molar-refractivity contribution in [3.05, 3.63) is 108 Å². The Balaban J connectivity index is 0.00000158. The lowest BCUT2D eigenvalue weighted by Gasteiger charge is -2.07. The van der Waals surface area contributed by atoms with E-state index in [1.807, 2.05) is 61.0 Å². The molecule has 4 aromatic rings. The number of sulfonamides is 1. The van der Waals surface area contributed by atoms with Crippen molar-refractivity contribution >= 4 is 21.6 Å². The Labute approximate surface area is 200 Å². The fourth-order valence-electron chi connectivity index (χ4n) is 3.25. The van der Waals surface area contributed by atoms with Gasteiger partial charge >= 0.3 is 5.91 Å². The van der Waals surface area contributed by atoms with Gasteiger partial charge in [-0.05, 0) is 48.4 Å². The maximum absolute atomic E-state index is 12.4. The summed E-state index contributed by atoms with van der Waals surface area (Å²) in [6.45, 7) is 6.16. The minimum atomic E-state index is -3.97. The van der Waals surface area contributed by atoms with Gasteiger partial charge in [0.05, 0.1) is 4.90 Å². The van der Waals surface area contributed by atoms with E-state index in [1.54, 1.807) is 31.2 Å². The molecule has 34 heavy (non-hydrogen) atoms. The Bertz CT molecular complexity index is 1310. The molecule has 6 nitrogen and oxygen atoms in total. The van der Waals surface area contributed by atoms with Crippen LogP contribution in [0.25, 0.3) is 11.1 Å². The number of nitrogens with one attached hydrogen (secondary N) is 2. The number of rotatable bonds is 7. The minimum Gasteiger partial charge on any atom is -0.456 e. The van der Waals surface area contributed by atoms with Gasteiger partial charge in [0.2, 0.25) is 0 Å². The van der Waals surface area contributed by atoms with Gasteiger partial charge in [-0.3, -0.25) is 4.79 Å². The lowest BCUT2D eigenvalue weighted by atomic mass is 10.1. The maximum Gasteiger partial charge on any atom is 0.300 e. The van der Waals surface area contributed by atoms with E-state index in [0.717, 1.165) is 22.4 Å². The molecule has 0 aliphatic rings. The predicted octanol–water partition coefficient (Wildman–Crippen LogP) is 6.01. The monoisotopic (exact) mass is 476 g/mol. The Morgan fingerprint density at radius 3 is 2.00 bits per heavy atom. The number of hydrogen-bond acceptors (Lipinski definition) is 5. The molecule has 0 atom stereocenters. The van der Waals surface area contributed by atoms with Crippen LogP contribution in [0.1, 0.15) is 35.7 Å². The van der Waals surface area contributed by atoms with Crippen LogP contribution in [0.3, 0.4) is 0 Å².